The molecule has 2 amide bonds. The van der Waals surface area contributed by atoms with Gasteiger partial charge in [-0.3, -0.25) is 9.59 Å². The zero-order chi connectivity index (χ0) is 23.1. The molecule has 1 N–H and O–H groups in total. The number of hydrogen-bond donors (Lipinski definition) is 1. The average molecular weight is 459 g/mol. The van der Waals surface area contributed by atoms with Gasteiger partial charge in [0.05, 0.1) is 7.11 Å². The number of carbonyl (C=O) groups is 2. The maximum atomic E-state index is 13.1. The largest absolute Gasteiger partial charge is 0.497 e. The van der Waals surface area contributed by atoms with Crippen LogP contribution >= 0.6 is 11.6 Å². The Morgan fingerprint density at radius 3 is 2.41 bits per heavy atom. The summed E-state index contributed by atoms with van der Waals surface area (Å²) < 4.78 is 10.9. The number of hydrogen-bond acceptors (Lipinski definition) is 4. The highest BCUT2D eigenvalue weighted by molar-refractivity contribution is 6.31. The second-order valence-corrected chi connectivity index (χ2v) is 8.64. The van der Waals surface area contributed by atoms with Crippen LogP contribution in [0, 0.1) is 6.92 Å². The van der Waals surface area contributed by atoms with Crippen molar-refractivity contribution in [1.82, 2.24) is 10.2 Å². The van der Waals surface area contributed by atoms with Gasteiger partial charge in [0, 0.05) is 17.6 Å². The summed E-state index contributed by atoms with van der Waals surface area (Å²) in [5, 5.41) is 3.74. The fraction of sp³-hybridized carbons (Fsp3) is 0.440. The molecule has 0 radical (unpaired) electrons. The summed E-state index contributed by atoms with van der Waals surface area (Å²) in [5.41, 5.74) is 1.78. The molecule has 172 valence electrons. The molecular weight excluding hydrogens is 428 g/mol. The van der Waals surface area contributed by atoms with E-state index in [1.54, 1.807) is 37.1 Å². The Bertz CT molecular complexity index is 926. The van der Waals surface area contributed by atoms with Gasteiger partial charge >= 0.3 is 0 Å². The lowest BCUT2D eigenvalue weighted by Gasteiger charge is -2.29. The summed E-state index contributed by atoms with van der Waals surface area (Å²) in [6, 6.07) is 12.3. The van der Waals surface area contributed by atoms with Crippen molar-refractivity contribution in [2.24, 2.45) is 0 Å². The van der Waals surface area contributed by atoms with Gasteiger partial charge in [-0.05, 0) is 68.1 Å². The average Bonchev–Trinajstić information content (AvgIpc) is 3.31. The summed E-state index contributed by atoms with van der Waals surface area (Å²) >= 11 is 6.07. The number of aryl methyl sites for hydroxylation is 1. The maximum absolute atomic E-state index is 13.1. The molecule has 0 aromatic heterocycles. The van der Waals surface area contributed by atoms with Crippen molar-refractivity contribution in [3.8, 4) is 11.5 Å². The minimum atomic E-state index is -0.624. The molecule has 0 saturated heterocycles. The molecule has 2 aromatic carbocycles. The Hall–Kier alpha value is -2.73. The molecule has 1 aliphatic carbocycles. The number of halogens is 1. The van der Waals surface area contributed by atoms with Gasteiger partial charge in [0.2, 0.25) is 5.91 Å². The maximum Gasteiger partial charge on any atom is 0.261 e. The molecule has 0 bridgehead atoms. The van der Waals surface area contributed by atoms with Crippen LogP contribution in [0.1, 0.15) is 43.7 Å². The molecule has 1 atom stereocenters. The van der Waals surface area contributed by atoms with E-state index in [4.69, 9.17) is 21.1 Å². The van der Waals surface area contributed by atoms with Crippen LogP contribution in [0.5, 0.6) is 11.5 Å². The van der Waals surface area contributed by atoms with Gasteiger partial charge in [-0.2, -0.15) is 0 Å². The van der Waals surface area contributed by atoms with E-state index >= 15 is 0 Å². The first kappa shape index (κ1) is 23.9. The van der Waals surface area contributed by atoms with E-state index in [2.05, 4.69) is 5.32 Å². The van der Waals surface area contributed by atoms with E-state index in [0.29, 0.717) is 17.3 Å². The number of amides is 2. The molecule has 1 fully saturated rings. The van der Waals surface area contributed by atoms with Crippen molar-refractivity contribution >= 4 is 23.4 Å². The van der Waals surface area contributed by atoms with E-state index in [0.717, 1.165) is 42.6 Å². The minimum absolute atomic E-state index is 0.138. The van der Waals surface area contributed by atoms with Crippen molar-refractivity contribution < 1.29 is 19.1 Å². The van der Waals surface area contributed by atoms with Crippen LogP contribution in [0.3, 0.4) is 0 Å². The second kappa shape index (κ2) is 11.2. The number of benzene rings is 2. The number of nitrogens with zero attached hydrogens (tertiary/aromatic N) is 1. The minimum Gasteiger partial charge on any atom is -0.497 e. The third-order valence-electron chi connectivity index (χ3n) is 5.87. The second-order valence-electron chi connectivity index (χ2n) is 8.24. The molecule has 0 aliphatic heterocycles. The third kappa shape index (κ3) is 6.39. The molecule has 0 unspecified atom stereocenters. The van der Waals surface area contributed by atoms with Crippen LogP contribution < -0.4 is 14.8 Å². The van der Waals surface area contributed by atoms with Crippen molar-refractivity contribution in [1.29, 1.82) is 0 Å². The lowest BCUT2D eigenvalue weighted by Crippen LogP contribution is -2.50. The molecule has 7 heteroatoms. The molecule has 1 saturated carbocycles. The highest BCUT2D eigenvalue weighted by Gasteiger charge is 2.28. The van der Waals surface area contributed by atoms with E-state index in [9.17, 15) is 9.59 Å². The number of methoxy groups -OCH3 is 1. The Balaban J connectivity index is 1.71. The first-order valence-electron chi connectivity index (χ1n) is 11.0. The lowest BCUT2D eigenvalue weighted by atomic mass is 10.1. The lowest BCUT2D eigenvalue weighted by molar-refractivity contribution is -0.142. The zero-order valence-electron chi connectivity index (χ0n) is 18.9. The summed E-state index contributed by atoms with van der Waals surface area (Å²) in [7, 11) is 1.61. The predicted molar refractivity (Wildman–Crippen MR) is 125 cm³/mol. The number of rotatable bonds is 9. The monoisotopic (exact) mass is 458 g/mol. The zero-order valence-corrected chi connectivity index (χ0v) is 19.7. The molecule has 2 aromatic rings. The van der Waals surface area contributed by atoms with Gasteiger partial charge in [-0.1, -0.05) is 36.6 Å². The topological polar surface area (TPSA) is 67.9 Å². The molecule has 0 heterocycles. The Labute approximate surface area is 194 Å². The number of nitrogens with one attached hydrogen (secondary N) is 1. The Kier molecular flexibility index (Phi) is 8.39. The molecule has 32 heavy (non-hydrogen) atoms. The summed E-state index contributed by atoms with van der Waals surface area (Å²) in [6.45, 7) is 3.77. The first-order valence-corrected chi connectivity index (χ1v) is 11.4. The van der Waals surface area contributed by atoms with Crippen molar-refractivity contribution in [2.45, 2.75) is 58.2 Å². The van der Waals surface area contributed by atoms with Gasteiger partial charge in [-0.25, -0.2) is 0 Å². The van der Waals surface area contributed by atoms with Crippen LogP contribution in [0.4, 0.5) is 0 Å². The van der Waals surface area contributed by atoms with Gasteiger partial charge in [0.15, 0.2) is 6.61 Å². The third-order valence-corrected chi connectivity index (χ3v) is 6.30. The van der Waals surface area contributed by atoms with E-state index in [1.807, 2.05) is 31.2 Å². The highest BCUT2D eigenvalue weighted by atomic mass is 35.5. The van der Waals surface area contributed by atoms with Gasteiger partial charge in [-0.15, -0.1) is 0 Å². The summed E-state index contributed by atoms with van der Waals surface area (Å²) in [6.07, 6.45) is 4.23. The van der Waals surface area contributed by atoms with Crippen LogP contribution in [0.15, 0.2) is 42.5 Å². The molecule has 1 aliphatic rings. The molecule has 3 rings (SSSR count). The van der Waals surface area contributed by atoms with E-state index in [1.165, 1.54) is 0 Å². The molecule has 0 spiro atoms. The van der Waals surface area contributed by atoms with Gasteiger partial charge < -0.3 is 19.7 Å². The van der Waals surface area contributed by atoms with Crippen molar-refractivity contribution in [2.75, 3.05) is 13.7 Å². The SMILES string of the molecule is COc1ccc(CN(C(=O)COc2ccc(Cl)c(C)c2)[C@@H](C)C(=O)NC2CCCC2)cc1. The van der Waals surface area contributed by atoms with Gasteiger partial charge in [0.25, 0.3) is 5.91 Å². The smallest absolute Gasteiger partial charge is 0.261 e. The van der Waals surface area contributed by atoms with Crippen LogP contribution in [-0.2, 0) is 16.1 Å². The highest BCUT2D eigenvalue weighted by Crippen LogP contribution is 2.22. The van der Waals surface area contributed by atoms with Crippen molar-refractivity contribution in [3.63, 3.8) is 0 Å². The Morgan fingerprint density at radius 2 is 1.78 bits per heavy atom. The van der Waals surface area contributed by atoms with Crippen LogP contribution in [-0.4, -0.2) is 42.5 Å². The quantitative estimate of drug-likeness (QED) is 0.600. The fourth-order valence-electron chi connectivity index (χ4n) is 3.84. The van der Waals surface area contributed by atoms with E-state index in [-0.39, 0.29) is 24.5 Å². The molecule has 6 nitrogen and oxygen atoms in total. The summed E-state index contributed by atoms with van der Waals surface area (Å²) in [5.74, 6) is 0.899. The molecular formula is C25H31ClN2O4. The summed E-state index contributed by atoms with van der Waals surface area (Å²) in [4.78, 5) is 27.6. The normalized spacial score (nSPS) is 14.6. The predicted octanol–water partition coefficient (Wildman–Crippen LogP) is 4.51. The van der Waals surface area contributed by atoms with Crippen LogP contribution in [0.25, 0.3) is 0 Å². The van der Waals surface area contributed by atoms with Crippen LogP contribution in [0.2, 0.25) is 5.02 Å². The first-order chi connectivity index (χ1) is 15.4. The van der Waals surface area contributed by atoms with Crippen molar-refractivity contribution in [3.05, 3.63) is 58.6 Å². The van der Waals surface area contributed by atoms with E-state index < -0.39 is 6.04 Å². The Morgan fingerprint density at radius 1 is 1.12 bits per heavy atom. The fourth-order valence-corrected chi connectivity index (χ4v) is 3.95. The number of carbonyl (C=O) groups excluding carboxylic acids is 2. The standard InChI is InChI=1S/C25H31ClN2O4/c1-17-14-22(12-13-23(17)26)32-16-24(29)28(15-19-8-10-21(31-3)11-9-19)18(2)25(30)27-20-6-4-5-7-20/h8-14,18,20H,4-7,15-16H2,1-3H3,(H,27,30)/t18-/m0/s1. The van der Waals surface area contributed by atoms with Gasteiger partial charge in [0.1, 0.15) is 17.5 Å². The number of ether oxygens (including phenoxy) is 2.